The number of aromatic nitrogens is 4. The number of rotatable bonds is 5. The number of carbonyl (C=O) groups is 2. The van der Waals surface area contributed by atoms with Crippen LogP contribution in [0.4, 0.5) is 5.69 Å². The van der Waals surface area contributed by atoms with Gasteiger partial charge in [0.2, 0.25) is 0 Å². The summed E-state index contributed by atoms with van der Waals surface area (Å²) in [6.07, 6.45) is 2.91. The third kappa shape index (κ3) is 3.70. The van der Waals surface area contributed by atoms with Crippen molar-refractivity contribution in [2.75, 3.05) is 11.9 Å². The number of anilines is 1. The lowest BCUT2D eigenvalue weighted by Gasteiger charge is -2.11. The van der Waals surface area contributed by atoms with Crippen molar-refractivity contribution in [3.05, 3.63) is 58.4 Å². The van der Waals surface area contributed by atoms with Gasteiger partial charge < -0.3 is 15.0 Å². The standard InChI is InChI=1S/C18H18ClN5O3/c1-4-27-18(26)15-10(2)16(22-11(15)3)17(25)23-13-7-12(19)5-6-14(13)24-9-20-8-21-24/h5-9,22H,4H2,1-3H3,(H,23,25). The van der Waals surface area contributed by atoms with E-state index in [-0.39, 0.29) is 12.3 Å². The van der Waals surface area contributed by atoms with E-state index in [2.05, 4.69) is 20.4 Å². The molecule has 2 heterocycles. The highest BCUT2D eigenvalue weighted by molar-refractivity contribution is 6.31. The second-order valence-corrected chi connectivity index (χ2v) is 6.24. The Labute approximate surface area is 160 Å². The molecule has 1 amide bonds. The van der Waals surface area contributed by atoms with E-state index in [1.165, 1.54) is 17.3 Å². The first-order valence-corrected chi connectivity index (χ1v) is 8.62. The van der Waals surface area contributed by atoms with Crippen LogP contribution in [0.25, 0.3) is 5.69 Å². The molecule has 0 unspecified atom stereocenters. The topological polar surface area (TPSA) is 102 Å². The summed E-state index contributed by atoms with van der Waals surface area (Å²) in [6.45, 7) is 5.40. The molecule has 0 aliphatic carbocycles. The number of nitrogens with zero attached hydrogens (tertiary/aromatic N) is 3. The van der Waals surface area contributed by atoms with Crippen LogP contribution in [0.2, 0.25) is 5.02 Å². The quantitative estimate of drug-likeness (QED) is 0.654. The van der Waals surface area contributed by atoms with Crippen LogP contribution >= 0.6 is 11.6 Å². The lowest BCUT2D eigenvalue weighted by molar-refractivity contribution is 0.0525. The van der Waals surface area contributed by atoms with Crippen molar-refractivity contribution in [3.63, 3.8) is 0 Å². The predicted molar refractivity (Wildman–Crippen MR) is 101 cm³/mol. The molecule has 0 aliphatic heterocycles. The zero-order valence-corrected chi connectivity index (χ0v) is 15.8. The first-order chi connectivity index (χ1) is 12.9. The number of aromatic amines is 1. The molecular formula is C18H18ClN5O3. The van der Waals surface area contributed by atoms with Crippen molar-refractivity contribution in [3.8, 4) is 5.69 Å². The number of hydrogen-bond acceptors (Lipinski definition) is 5. The minimum absolute atomic E-state index is 0.258. The van der Waals surface area contributed by atoms with Gasteiger partial charge in [-0.15, -0.1) is 0 Å². The van der Waals surface area contributed by atoms with Gasteiger partial charge in [0, 0.05) is 10.7 Å². The fourth-order valence-corrected chi connectivity index (χ4v) is 2.98. The molecular weight excluding hydrogens is 370 g/mol. The van der Waals surface area contributed by atoms with Gasteiger partial charge in [-0.3, -0.25) is 4.79 Å². The van der Waals surface area contributed by atoms with Gasteiger partial charge in [-0.25, -0.2) is 14.5 Å². The summed E-state index contributed by atoms with van der Waals surface area (Å²) < 4.78 is 6.57. The number of nitrogens with one attached hydrogen (secondary N) is 2. The molecule has 8 nitrogen and oxygen atoms in total. The Morgan fingerprint density at radius 2 is 2.11 bits per heavy atom. The number of H-pyrrole nitrogens is 1. The SMILES string of the molecule is CCOC(=O)c1c(C)[nH]c(C(=O)Nc2cc(Cl)ccc2-n2cncn2)c1C. The minimum Gasteiger partial charge on any atom is -0.462 e. The molecule has 1 aromatic carbocycles. The maximum atomic E-state index is 12.8. The van der Waals surface area contributed by atoms with Crippen molar-refractivity contribution >= 4 is 29.2 Å². The Morgan fingerprint density at radius 1 is 1.33 bits per heavy atom. The van der Waals surface area contributed by atoms with Crippen LogP contribution in [-0.4, -0.2) is 38.2 Å². The van der Waals surface area contributed by atoms with Gasteiger partial charge >= 0.3 is 5.97 Å². The van der Waals surface area contributed by atoms with Crippen molar-refractivity contribution < 1.29 is 14.3 Å². The lowest BCUT2D eigenvalue weighted by Crippen LogP contribution is -2.16. The molecule has 140 valence electrons. The smallest absolute Gasteiger partial charge is 0.340 e. The van der Waals surface area contributed by atoms with Crippen LogP contribution in [0, 0.1) is 13.8 Å². The summed E-state index contributed by atoms with van der Waals surface area (Å²) in [5, 5.41) is 7.35. The molecule has 27 heavy (non-hydrogen) atoms. The summed E-state index contributed by atoms with van der Waals surface area (Å²) in [7, 11) is 0. The van der Waals surface area contributed by atoms with Gasteiger partial charge in [0.15, 0.2) is 0 Å². The van der Waals surface area contributed by atoms with E-state index in [0.29, 0.717) is 33.2 Å². The van der Waals surface area contributed by atoms with Crippen LogP contribution in [0.3, 0.4) is 0 Å². The normalized spacial score (nSPS) is 10.7. The molecule has 0 saturated heterocycles. The predicted octanol–water partition coefficient (Wildman–Crippen LogP) is 3.29. The number of amides is 1. The second kappa shape index (κ2) is 7.63. The van der Waals surface area contributed by atoms with E-state index in [1.54, 1.807) is 39.0 Å². The lowest BCUT2D eigenvalue weighted by atomic mass is 10.1. The van der Waals surface area contributed by atoms with Crippen LogP contribution in [0.5, 0.6) is 0 Å². The van der Waals surface area contributed by atoms with E-state index >= 15 is 0 Å². The van der Waals surface area contributed by atoms with Gasteiger partial charge in [-0.1, -0.05) is 11.6 Å². The molecule has 0 spiro atoms. The number of carbonyl (C=O) groups excluding carboxylic acids is 2. The van der Waals surface area contributed by atoms with Crippen molar-refractivity contribution in [1.29, 1.82) is 0 Å². The van der Waals surface area contributed by atoms with Crippen LogP contribution in [0.1, 0.15) is 39.0 Å². The number of esters is 1. The van der Waals surface area contributed by atoms with E-state index in [0.717, 1.165) is 0 Å². The number of halogens is 1. The average molecular weight is 388 g/mol. The summed E-state index contributed by atoms with van der Waals surface area (Å²) in [4.78, 5) is 31.8. The number of benzene rings is 1. The van der Waals surface area contributed by atoms with E-state index in [4.69, 9.17) is 16.3 Å². The Bertz CT molecular complexity index is 995. The second-order valence-electron chi connectivity index (χ2n) is 5.80. The first-order valence-electron chi connectivity index (χ1n) is 8.24. The van der Waals surface area contributed by atoms with Crippen molar-refractivity contribution in [1.82, 2.24) is 19.7 Å². The summed E-state index contributed by atoms with van der Waals surface area (Å²) >= 11 is 6.08. The first kappa shape index (κ1) is 18.7. The van der Waals surface area contributed by atoms with Gasteiger partial charge in [-0.05, 0) is 44.5 Å². The van der Waals surface area contributed by atoms with Crippen LogP contribution in [0.15, 0.2) is 30.9 Å². The fourth-order valence-electron chi connectivity index (χ4n) is 2.81. The van der Waals surface area contributed by atoms with Crippen molar-refractivity contribution in [2.24, 2.45) is 0 Å². The fraction of sp³-hybridized carbons (Fsp3) is 0.222. The van der Waals surface area contributed by atoms with Crippen molar-refractivity contribution in [2.45, 2.75) is 20.8 Å². The molecule has 3 aromatic rings. The molecule has 0 fully saturated rings. The van der Waals surface area contributed by atoms with Gasteiger partial charge in [0.25, 0.3) is 5.91 Å². The molecule has 2 aromatic heterocycles. The largest absolute Gasteiger partial charge is 0.462 e. The molecule has 0 atom stereocenters. The summed E-state index contributed by atoms with van der Waals surface area (Å²) in [6, 6.07) is 5.04. The minimum atomic E-state index is -0.464. The van der Waals surface area contributed by atoms with Gasteiger partial charge in [0.1, 0.15) is 18.3 Å². The van der Waals surface area contributed by atoms with Crippen LogP contribution in [-0.2, 0) is 4.74 Å². The van der Waals surface area contributed by atoms with Crippen LogP contribution < -0.4 is 5.32 Å². The third-order valence-corrected chi connectivity index (χ3v) is 4.25. The van der Waals surface area contributed by atoms with Gasteiger partial charge in [-0.2, -0.15) is 5.10 Å². The number of ether oxygens (including phenoxy) is 1. The number of hydrogen-bond donors (Lipinski definition) is 2. The Morgan fingerprint density at radius 3 is 2.78 bits per heavy atom. The highest BCUT2D eigenvalue weighted by atomic mass is 35.5. The molecule has 9 heteroatoms. The number of aryl methyl sites for hydroxylation is 1. The Balaban J connectivity index is 1.94. The highest BCUT2D eigenvalue weighted by Gasteiger charge is 2.23. The van der Waals surface area contributed by atoms with E-state index < -0.39 is 11.9 Å². The highest BCUT2D eigenvalue weighted by Crippen LogP contribution is 2.26. The zero-order chi connectivity index (χ0) is 19.6. The Kier molecular flexibility index (Phi) is 5.27. The van der Waals surface area contributed by atoms with Gasteiger partial charge in [0.05, 0.1) is 23.5 Å². The maximum Gasteiger partial charge on any atom is 0.340 e. The monoisotopic (exact) mass is 387 g/mol. The third-order valence-electron chi connectivity index (χ3n) is 4.02. The zero-order valence-electron chi connectivity index (χ0n) is 15.0. The molecule has 0 saturated carbocycles. The van der Waals surface area contributed by atoms with E-state index in [9.17, 15) is 9.59 Å². The molecule has 2 N–H and O–H groups in total. The maximum absolute atomic E-state index is 12.8. The molecule has 3 rings (SSSR count). The van der Waals surface area contributed by atoms with E-state index in [1.807, 2.05) is 0 Å². The average Bonchev–Trinajstić information content (AvgIpc) is 3.23. The molecule has 0 bridgehead atoms. The molecule has 0 radical (unpaired) electrons. The molecule has 0 aliphatic rings. The summed E-state index contributed by atoms with van der Waals surface area (Å²) in [5.41, 5.74) is 2.80. The summed E-state index contributed by atoms with van der Waals surface area (Å²) in [5.74, 6) is -0.872. The Hall–Kier alpha value is -3.13.